The second-order valence-corrected chi connectivity index (χ2v) is 3.25. The number of carboxylic acids is 1. The molecule has 1 atom stereocenters. The number of carbonyl (C=O) groups is 1. The zero-order valence-electron chi connectivity index (χ0n) is 8.08. The summed E-state index contributed by atoms with van der Waals surface area (Å²) in [5, 5.41) is 18.1. The van der Waals surface area contributed by atoms with E-state index in [4.69, 9.17) is 5.11 Å². The Morgan fingerprint density at radius 3 is 2.38 bits per heavy atom. The fourth-order valence-corrected chi connectivity index (χ4v) is 0.877. The Morgan fingerprint density at radius 2 is 2.08 bits per heavy atom. The zero-order valence-corrected chi connectivity index (χ0v) is 8.08. The molecule has 0 saturated carbocycles. The third-order valence-corrected chi connectivity index (χ3v) is 1.79. The van der Waals surface area contributed by atoms with Crippen molar-refractivity contribution >= 4 is 5.97 Å². The lowest BCUT2D eigenvalue weighted by atomic mass is 9.97. The van der Waals surface area contributed by atoms with Gasteiger partial charge in [0.15, 0.2) is 5.60 Å². The topological polar surface area (TPSA) is 57.5 Å². The summed E-state index contributed by atoms with van der Waals surface area (Å²) < 4.78 is 0. The Labute approximate surface area is 78.4 Å². The van der Waals surface area contributed by atoms with Gasteiger partial charge in [-0.2, -0.15) is 0 Å². The molecule has 0 saturated heterocycles. The average Bonchev–Trinajstić information content (AvgIpc) is 2.03. The van der Waals surface area contributed by atoms with Crippen molar-refractivity contribution < 1.29 is 15.0 Å². The number of aliphatic carboxylic acids is 1. The standard InChI is InChI=1S/C10H16O3/c1-4-10(13,9(11)12)7-5-6-8(2)3/h4,6,13H,1,5,7H2,2-3H3,(H,11,12). The van der Waals surface area contributed by atoms with Crippen molar-refractivity contribution in [2.75, 3.05) is 0 Å². The number of allylic oxidation sites excluding steroid dienone is 2. The summed E-state index contributed by atoms with van der Waals surface area (Å²) in [6, 6.07) is 0. The monoisotopic (exact) mass is 184 g/mol. The minimum Gasteiger partial charge on any atom is -0.479 e. The Hall–Kier alpha value is -1.09. The third kappa shape index (κ3) is 3.90. The Kier molecular flexibility index (Phi) is 4.42. The summed E-state index contributed by atoms with van der Waals surface area (Å²) in [6.45, 7) is 7.15. The van der Waals surface area contributed by atoms with Gasteiger partial charge in [0, 0.05) is 0 Å². The molecule has 3 heteroatoms. The highest BCUT2D eigenvalue weighted by atomic mass is 16.4. The highest BCUT2D eigenvalue weighted by Crippen LogP contribution is 2.15. The van der Waals surface area contributed by atoms with Crippen LogP contribution in [0.15, 0.2) is 24.3 Å². The third-order valence-electron chi connectivity index (χ3n) is 1.79. The maximum absolute atomic E-state index is 10.6. The van der Waals surface area contributed by atoms with Crippen LogP contribution in [0.5, 0.6) is 0 Å². The first-order chi connectivity index (χ1) is 5.92. The van der Waals surface area contributed by atoms with Gasteiger partial charge in [-0.1, -0.05) is 18.2 Å². The van der Waals surface area contributed by atoms with E-state index < -0.39 is 11.6 Å². The summed E-state index contributed by atoms with van der Waals surface area (Å²) >= 11 is 0. The molecule has 3 nitrogen and oxygen atoms in total. The van der Waals surface area contributed by atoms with Crippen LogP contribution in [-0.4, -0.2) is 21.8 Å². The van der Waals surface area contributed by atoms with Gasteiger partial charge in [0.1, 0.15) is 0 Å². The second-order valence-electron chi connectivity index (χ2n) is 3.25. The van der Waals surface area contributed by atoms with Gasteiger partial charge in [0.05, 0.1) is 0 Å². The Bertz CT molecular complexity index is 226. The molecule has 0 fully saturated rings. The first-order valence-electron chi connectivity index (χ1n) is 4.15. The van der Waals surface area contributed by atoms with Gasteiger partial charge < -0.3 is 10.2 Å². The molecule has 2 N–H and O–H groups in total. The van der Waals surface area contributed by atoms with Gasteiger partial charge in [0.2, 0.25) is 0 Å². The lowest BCUT2D eigenvalue weighted by Gasteiger charge is -2.17. The van der Waals surface area contributed by atoms with Crippen LogP contribution < -0.4 is 0 Å². The SMILES string of the molecule is C=CC(O)(CCC=C(C)C)C(=O)O. The van der Waals surface area contributed by atoms with Crippen LogP contribution in [0, 0.1) is 0 Å². The molecule has 1 unspecified atom stereocenters. The lowest BCUT2D eigenvalue weighted by Crippen LogP contribution is -2.35. The zero-order chi connectivity index (χ0) is 10.5. The summed E-state index contributed by atoms with van der Waals surface area (Å²) in [4.78, 5) is 10.6. The second kappa shape index (κ2) is 4.82. The molecule has 0 rings (SSSR count). The number of hydrogen-bond acceptors (Lipinski definition) is 2. The predicted octanol–water partition coefficient (Wildman–Crippen LogP) is 1.73. The van der Waals surface area contributed by atoms with Crippen molar-refractivity contribution in [1.29, 1.82) is 0 Å². The molecule has 0 spiro atoms. The van der Waals surface area contributed by atoms with E-state index in [1.165, 1.54) is 0 Å². The molecule has 0 aromatic carbocycles. The molecule has 0 aromatic rings. The highest BCUT2D eigenvalue weighted by Gasteiger charge is 2.30. The van der Waals surface area contributed by atoms with Crippen molar-refractivity contribution in [3.05, 3.63) is 24.3 Å². The van der Waals surface area contributed by atoms with Crippen molar-refractivity contribution in [3.63, 3.8) is 0 Å². The largest absolute Gasteiger partial charge is 0.479 e. The van der Waals surface area contributed by atoms with E-state index in [0.717, 1.165) is 11.6 Å². The molecule has 0 aromatic heterocycles. The van der Waals surface area contributed by atoms with E-state index in [1.807, 2.05) is 19.9 Å². The molecule has 13 heavy (non-hydrogen) atoms. The van der Waals surface area contributed by atoms with Crippen LogP contribution in [0.25, 0.3) is 0 Å². The number of carboxylic acid groups (broad SMARTS) is 1. The van der Waals surface area contributed by atoms with Gasteiger partial charge in [-0.15, -0.1) is 0 Å². The lowest BCUT2D eigenvalue weighted by molar-refractivity contribution is -0.153. The van der Waals surface area contributed by atoms with E-state index in [9.17, 15) is 9.90 Å². The normalized spacial score (nSPS) is 14.4. The quantitative estimate of drug-likeness (QED) is 0.640. The summed E-state index contributed by atoms with van der Waals surface area (Å²) in [5.74, 6) is -1.25. The maximum Gasteiger partial charge on any atom is 0.339 e. The molecule has 0 heterocycles. The smallest absolute Gasteiger partial charge is 0.339 e. The van der Waals surface area contributed by atoms with Crippen LogP contribution in [0.1, 0.15) is 26.7 Å². The number of rotatable bonds is 5. The van der Waals surface area contributed by atoms with E-state index >= 15 is 0 Å². The molecule has 0 bridgehead atoms. The number of aliphatic hydroxyl groups is 1. The van der Waals surface area contributed by atoms with Crippen LogP contribution in [0.4, 0.5) is 0 Å². The minimum atomic E-state index is -1.79. The van der Waals surface area contributed by atoms with E-state index in [0.29, 0.717) is 6.42 Å². The van der Waals surface area contributed by atoms with Crippen LogP contribution in [-0.2, 0) is 4.79 Å². The van der Waals surface area contributed by atoms with Crippen LogP contribution in [0.2, 0.25) is 0 Å². The maximum atomic E-state index is 10.6. The highest BCUT2D eigenvalue weighted by molar-refractivity contribution is 5.79. The molecular formula is C10H16O3. The fraction of sp³-hybridized carbons (Fsp3) is 0.500. The average molecular weight is 184 g/mol. The molecule has 0 amide bonds. The summed E-state index contributed by atoms with van der Waals surface area (Å²) in [5.41, 5.74) is -0.678. The molecule has 74 valence electrons. The molecule has 0 radical (unpaired) electrons. The molecule has 0 aliphatic rings. The Morgan fingerprint density at radius 1 is 1.54 bits per heavy atom. The van der Waals surface area contributed by atoms with Crippen molar-refractivity contribution in [1.82, 2.24) is 0 Å². The van der Waals surface area contributed by atoms with E-state index in [-0.39, 0.29) is 6.42 Å². The molecule has 0 aliphatic heterocycles. The number of hydrogen-bond donors (Lipinski definition) is 2. The van der Waals surface area contributed by atoms with Crippen molar-refractivity contribution in [3.8, 4) is 0 Å². The molecule has 0 aliphatic carbocycles. The van der Waals surface area contributed by atoms with Crippen molar-refractivity contribution in [2.45, 2.75) is 32.3 Å². The summed E-state index contributed by atoms with van der Waals surface area (Å²) in [7, 11) is 0. The van der Waals surface area contributed by atoms with Gasteiger partial charge in [0.25, 0.3) is 0 Å². The molecular weight excluding hydrogens is 168 g/mol. The minimum absolute atomic E-state index is 0.164. The van der Waals surface area contributed by atoms with Crippen LogP contribution in [0.3, 0.4) is 0 Å². The van der Waals surface area contributed by atoms with Gasteiger partial charge in [-0.25, -0.2) is 4.79 Å². The predicted molar refractivity (Wildman–Crippen MR) is 51.4 cm³/mol. The first-order valence-corrected chi connectivity index (χ1v) is 4.15. The Balaban J connectivity index is 4.22. The van der Waals surface area contributed by atoms with Crippen molar-refractivity contribution in [2.24, 2.45) is 0 Å². The summed E-state index contributed by atoms with van der Waals surface area (Å²) in [6.07, 6.45) is 3.65. The van der Waals surface area contributed by atoms with Gasteiger partial charge in [-0.3, -0.25) is 0 Å². The van der Waals surface area contributed by atoms with Gasteiger partial charge in [-0.05, 0) is 32.8 Å². The van der Waals surface area contributed by atoms with E-state index in [2.05, 4.69) is 6.58 Å². The van der Waals surface area contributed by atoms with Crippen LogP contribution >= 0.6 is 0 Å². The van der Waals surface area contributed by atoms with Gasteiger partial charge >= 0.3 is 5.97 Å². The van der Waals surface area contributed by atoms with E-state index in [1.54, 1.807) is 0 Å². The first kappa shape index (κ1) is 11.9. The fourth-order valence-electron chi connectivity index (χ4n) is 0.877.